The van der Waals surface area contributed by atoms with Gasteiger partial charge < -0.3 is 10.3 Å². The first-order valence-electron chi connectivity index (χ1n) is 10.3. The molecule has 6 nitrogen and oxygen atoms in total. The van der Waals surface area contributed by atoms with Crippen LogP contribution in [0.5, 0.6) is 0 Å². The van der Waals surface area contributed by atoms with Gasteiger partial charge in [0, 0.05) is 46.9 Å². The van der Waals surface area contributed by atoms with E-state index >= 15 is 0 Å². The number of imidazole rings is 1. The molecule has 3 N–H and O–H groups in total. The molecule has 2 aromatic carbocycles. The Balaban J connectivity index is 1.29. The average Bonchev–Trinajstić information content (AvgIpc) is 3.21. The number of thioether (sulfide) groups is 1. The number of aryl methyl sites for hydroxylation is 1. The number of nitrogens with one attached hydrogen (secondary N) is 3. The highest BCUT2D eigenvalue weighted by Gasteiger charge is 2.06. The number of hydrogen-bond acceptors (Lipinski definition) is 5. The standard InChI is InChI=1S/C24H24ClN5OS/c1-16-22(29-15-28-16)14-32-11-10-26-24-27-13-20(23(31)30-24)12-17-2-4-18(5-3-17)19-6-8-21(25)9-7-19/h2-9,13,15H,10-12,14H2,1H3,(H,28,29)(H2,26,27,30,31). The first-order valence-corrected chi connectivity index (χ1v) is 11.9. The van der Waals surface area contributed by atoms with E-state index in [9.17, 15) is 4.79 Å². The van der Waals surface area contributed by atoms with E-state index in [1.54, 1.807) is 24.3 Å². The second-order valence-corrected chi connectivity index (χ2v) is 8.96. The van der Waals surface area contributed by atoms with Crippen LogP contribution in [0.15, 0.2) is 65.8 Å². The highest BCUT2D eigenvalue weighted by molar-refractivity contribution is 7.98. The molecular weight excluding hydrogens is 442 g/mol. The Morgan fingerprint density at radius 1 is 1.03 bits per heavy atom. The molecule has 2 aromatic heterocycles. The molecule has 4 rings (SSSR count). The zero-order valence-corrected chi connectivity index (χ0v) is 19.3. The van der Waals surface area contributed by atoms with Crippen LogP contribution in [0.3, 0.4) is 0 Å². The Morgan fingerprint density at radius 3 is 2.41 bits per heavy atom. The normalized spacial score (nSPS) is 10.9. The Bertz CT molecular complexity index is 1220. The zero-order valence-electron chi connectivity index (χ0n) is 17.7. The van der Waals surface area contributed by atoms with E-state index in [4.69, 9.17) is 11.6 Å². The highest BCUT2D eigenvalue weighted by atomic mass is 35.5. The van der Waals surface area contributed by atoms with Crippen LogP contribution < -0.4 is 10.9 Å². The molecule has 0 saturated carbocycles. The van der Waals surface area contributed by atoms with Crippen molar-refractivity contribution < 1.29 is 0 Å². The van der Waals surface area contributed by atoms with Crippen LogP contribution in [0.4, 0.5) is 5.95 Å². The minimum absolute atomic E-state index is 0.121. The second kappa shape index (κ2) is 10.5. The molecule has 8 heteroatoms. The fraction of sp³-hybridized carbons (Fsp3) is 0.208. The van der Waals surface area contributed by atoms with E-state index in [1.165, 1.54) is 0 Å². The van der Waals surface area contributed by atoms with Crippen molar-refractivity contribution >= 4 is 29.3 Å². The van der Waals surface area contributed by atoms with Crippen molar-refractivity contribution in [2.45, 2.75) is 19.1 Å². The lowest BCUT2D eigenvalue weighted by atomic mass is 10.0. The summed E-state index contributed by atoms with van der Waals surface area (Å²) in [6.45, 7) is 2.73. The summed E-state index contributed by atoms with van der Waals surface area (Å²) in [4.78, 5) is 27.1. The maximum atomic E-state index is 12.5. The van der Waals surface area contributed by atoms with Gasteiger partial charge in [-0.2, -0.15) is 11.8 Å². The maximum absolute atomic E-state index is 12.5. The molecule has 0 spiro atoms. The molecule has 0 bridgehead atoms. The lowest BCUT2D eigenvalue weighted by Gasteiger charge is -2.07. The van der Waals surface area contributed by atoms with Crippen molar-refractivity contribution in [3.63, 3.8) is 0 Å². The lowest BCUT2D eigenvalue weighted by Crippen LogP contribution is -2.18. The number of H-pyrrole nitrogens is 2. The summed E-state index contributed by atoms with van der Waals surface area (Å²) in [5, 5.41) is 3.90. The van der Waals surface area contributed by atoms with Crippen molar-refractivity contribution in [3.8, 4) is 11.1 Å². The monoisotopic (exact) mass is 465 g/mol. The molecule has 2 heterocycles. The van der Waals surface area contributed by atoms with E-state index in [2.05, 4.69) is 37.4 Å². The van der Waals surface area contributed by atoms with E-state index in [1.807, 2.05) is 43.3 Å². The lowest BCUT2D eigenvalue weighted by molar-refractivity contribution is 1.01. The second-order valence-electron chi connectivity index (χ2n) is 7.42. The minimum Gasteiger partial charge on any atom is -0.355 e. The molecule has 0 aliphatic carbocycles. The van der Waals surface area contributed by atoms with Crippen LogP contribution in [-0.4, -0.2) is 32.2 Å². The van der Waals surface area contributed by atoms with Crippen molar-refractivity contribution in [2.24, 2.45) is 0 Å². The van der Waals surface area contributed by atoms with Crippen LogP contribution in [0.25, 0.3) is 11.1 Å². The molecular formula is C24H24ClN5OS. The summed E-state index contributed by atoms with van der Waals surface area (Å²) in [5.41, 5.74) is 5.97. The van der Waals surface area contributed by atoms with E-state index in [-0.39, 0.29) is 5.56 Å². The SMILES string of the molecule is Cc1[nH]cnc1CSCCNc1ncc(Cc2ccc(-c3ccc(Cl)cc3)cc2)c(=O)[nH]1. The number of benzene rings is 2. The van der Waals surface area contributed by atoms with Crippen LogP contribution in [-0.2, 0) is 12.2 Å². The van der Waals surface area contributed by atoms with Crippen molar-refractivity contribution in [2.75, 3.05) is 17.6 Å². The Morgan fingerprint density at radius 2 is 1.75 bits per heavy atom. The first-order chi connectivity index (χ1) is 15.6. The summed E-state index contributed by atoms with van der Waals surface area (Å²) in [5.74, 6) is 2.24. The number of halogens is 1. The third kappa shape index (κ3) is 5.81. The summed E-state index contributed by atoms with van der Waals surface area (Å²) < 4.78 is 0. The van der Waals surface area contributed by atoms with Gasteiger partial charge in [0.25, 0.3) is 5.56 Å². The van der Waals surface area contributed by atoms with Gasteiger partial charge in [-0.05, 0) is 35.7 Å². The number of nitrogens with zero attached hydrogens (tertiary/aromatic N) is 2. The first kappa shape index (κ1) is 22.2. The molecule has 4 aromatic rings. The van der Waals surface area contributed by atoms with Crippen LogP contribution >= 0.6 is 23.4 Å². The zero-order chi connectivity index (χ0) is 22.3. The predicted molar refractivity (Wildman–Crippen MR) is 133 cm³/mol. The average molecular weight is 466 g/mol. The van der Waals surface area contributed by atoms with E-state index in [0.717, 1.165) is 44.6 Å². The number of hydrogen-bond donors (Lipinski definition) is 3. The molecule has 0 amide bonds. The molecule has 0 atom stereocenters. The molecule has 164 valence electrons. The Labute approximate surface area is 195 Å². The molecule has 0 aliphatic heterocycles. The van der Waals surface area contributed by atoms with Gasteiger partial charge in [-0.25, -0.2) is 9.97 Å². The van der Waals surface area contributed by atoms with Gasteiger partial charge in [-0.1, -0.05) is 48.0 Å². The number of rotatable bonds is 9. The fourth-order valence-corrected chi connectivity index (χ4v) is 4.26. The number of anilines is 1. The van der Waals surface area contributed by atoms with E-state index in [0.29, 0.717) is 24.5 Å². The largest absolute Gasteiger partial charge is 0.355 e. The quantitative estimate of drug-likeness (QED) is 0.301. The molecule has 0 aliphatic rings. The summed E-state index contributed by atoms with van der Waals surface area (Å²) in [7, 11) is 0. The van der Waals surface area contributed by atoms with Gasteiger partial charge in [0.1, 0.15) is 0 Å². The molecule has 0 radical (unpaired) electrons. The van der Waals surface area contributed by atoms with Crippen molar-refractivity contribution in [1.82, 2.24) is 19.9 Å². The summed E-state index contributed by atoms with van der Waals surface area (Å²) in [6.07, 6.45) is 3.89. The Kier molecular flexibility index (Phi) is 7.29. The van der Waals surface area contributed by atoms with Gasteiger partial charge in [0.05, 0.1) is 12.0 Å². The smallest absolute Gasteiger partial charge is 0.255 e. The molecule has 32 heavy (non-hydrogen) atoms. The topological polar surface area (TPSA) is 86.5 Å². The van der Waals surface area contributed by atoms with Crippen LogP contribution in [0.2, 0.25) is 5.02 Å². The van der Waals surface area contributed by atoms with Gasteiger partial charge in [0.2, 0.25) is 5.95 Å². The number of aromatic nitrogens is 4. The summed E-state index contributed by atoms with van der Waals surface area (Å²) in [6, 6.07) is 15.9. The van der Waals surface area contributed by atoms with Gasteiger partial charge in [0.15, 0.2) is 0 Å². The third-order valence-corrected chi connectivity index (χ3v) is 6.33. The molecule has 0 fully saturated rings. The predicted octanol–water partition coefficient (Wildman–Crippen LogP) is 5.06. The molecule has 0 saturated heterocycles. The Hall–Kier alpha value is -3.03. The van der Waals surface area contributed by atoms with Gasteiger partial charge in [-0.3, -0.25) is 9.78 Å². The van der Waals surface area contributed by atoms with Crippen LogP contribution in [0.1, 0.15) is 22.5 Å². The maximum Gasteiger partial charge on any atom is 0.255 e. The van der Waals surface area contributed by atoms with Crippen molar-refractivity contribution in [3.05, 3.63) is 98.9 Å². The third-order valence-electron chi connectivity index (χ3n) is 5.11. The van der Waals surface area contributed by atoms with Gasteiger partial charge >= 0.3 is 0 Å². The minimum atomic E-state index is -0.121. The fourth-order valence-electron chi connectivity index (χ4n) is 3.26. The molecule has 0 unspecified atom stereocenters. The van der Waals surface area contributed by atoms with Gasteiger partial charge in [-0.15, -0.1) is 0 Å². The van der Waals surface area contributed by atoms with Crippen LogP contribution in [0, 0.1) is 6.92 Å². The van der Waals surface area contributed by atoms with E-state index < -0.39 is 0 Å². The highest BCUT2D eigenvalue weighted by Crippen LogP contribution is 2.22. The number of aromatic amines is 2. The van der Waals surface area contributed by atoms with Crippen molar-refractivity contribution in [1.29, 1.82) is 0 Å². The summed E-state index contributed by atoms with van der Waals surface area (Å²) >= 11 is 7.74.